The van der Waals surface area contributed by atoms with E-state index in [-0.39, 0.29) is 19.1 Å². The number of fused-ring (bicyclic) bond motifs is 1. The summed E-state index contributed by atoms with van der Waals surface area (Å²) < 4.78 is 6.16. The summed E-state index contributed by atoms with van der Waals surface area (Å²) in [7, 11) is 1.59. The minimum Gasteiger partial charge on any atom is -0.497 e. The van der Waals surface area contributed by atoms with Crippen LogP contribution in [0, 0.1) is 0 Å². The molecule has 130 valence electrons. The Hall–Kier alpha value is -2.08. The molecule has 0 aliphatic heterocycles. The first-order valence-corrected chi connectivity index (χ1v) is 9.03. The van der Waals surface area contributed by atoms with E-state index in [1.54, 1.807) is 12.0 Å². The lowest BCUT2D eigenvalue weighted by atomic mass is 10.2. The van der Waals surface area contributed by atoms with Crippen molar-refractivity contribution < 1.29 is 14.6 Å². The van der Waals surface area contributed by atoms with Crippen LogP contribution in [-0.2, 0) is 6.54 Å². The van der Waals surface area contributed by atoms with Crippen LogP contribution in [0.1, 0.15) is 15.2 Å². The molecule has 0 aliphatic carbocycles. The maximum atomic E-state index is 13.0. The molecule has 3 aromatic rings. The summed E-state index contributed by atoms with van der Waals surface area (Å²) >= 11 is 7.83. The lowest BCUT2D eigenvalue weighted by molar-refractivity contribution is 0.0713. The second kappa shape index (κ2) is 7.87. The molecule has 0 aliphatic rings. The SMILES string of the molecule is COc1ccc2sc(C(=O)N(CCO)Cc3ccccc3)c(Cl)c2c1. The van der Waals surface area contributed by atoms with Crippen molar-refractivity contribution in [2.45, 2.75) is 6.54 Å². The zero-order valence-corrected chi connectivity index (χ0v) is 15.3. The molecule has 25 heavy (non-hydrogen) atoms. The third-order valence-electron chi connectivity index (χ3n) is 3.90. The molecule has 1 N–H and O–H groups in total. The van der Waals surface area contributed by atoms with E-state index in [0.29, 0.717) is 22.2 Å². The number of aliphatic hydroxyl groups excluding tert-OH is 1. The summed E-state index contributed by atoms with van der Waals surface area (Å²) in [5.41, 5.74) is 1.00. The molecule has 0 radical (unpaired) electrons. The summed E-state index contributed by atoms with van der Waals surface area (Å²) in [5.74, 6) is 0.519. The number of nitrogens with zero attached hydrogens (tertiary/aromatic N) is 1. The number of rotatable bonds is 6. The molecular weight excluding hydrogens is 358 g/mol. The van der Waals surface area contributed by atoms with E-state index in [4.69, 9.17) is 16.3 Å². The Kier molecular flexibility index (Phi) is 5.58. The normalized spacial score (nSPS) is 10.8. The Morgan fingerprint density at radius 2 is 2.00 bits per heavy atom. The van der Waals surface area contributed by atoms with Crippen LogP contribution in [0.3, 0.4) is 0 Å². The van der Waals surface area contributed by atoms with Gasteiger partial charge in [0.2, 0.25) is 0 Å². The van der Waals surface area contributed by atoms with Gasteiger partial charge in [-0.2, -0.15) is 0 Å². The molecule has 6 heteroatoms. The first kappa shape index (κ1) is 17.7. The van der Waals surface area contributed by atoms with E-state index in [9.17, 15) is 9.90 Å². The van der Waals surface area contributed by atoms with Gasteiger partial charge in [0.05, 0.1) is 18.7 Å². The molecular formula is C19H18ClNO3S. The topological polar surface area (TPSA) is 49.8 Å². The van der Waals surface area contributed by atoms with E-state index in [0.717, 1.165) is 15.6 Å². The average molecular weight is 376 g/mol. The fourth-order valence-corrected chi connectivity index (χ4v) is 4.08. The molecule has 0 unspecified atom stereocenters. The highest BCUT2D eigenvalue weighted by atomic mass is 35.5. The second-order valence-electron chi connectivity index (χ2n) is 5.54. The van der Waals surface area contributed by atoms with Crippen molar-refractivity contribution in [3.8, 4) is 5.75 Å². The van der Waals surface area contributed by atoms with E-state index in [2.05, 4.69) is 0 Å². The van der Waals surface area contributed by atoms with E-state index in [1.165, 1.54) is 11.3 Å². The van der Waals surface area contributed by atoms with Gasteiger partial charge in [-0.1, -0.05) is 41.9 Å². The van der Waals surface area contributed by atoms with Crippen molar-refractivity contribution in [2.75, 3.05) is 20.3 Å². The van der Waals surface area contributed by atoms with Crippen molar-refractivity contribution >= 4 is 38.9 Å². The van der Waals surface area contributed by atoms with Gasteiger partial charge >= 0.3 is 0 Å². The van der Waals surface area contributed by atoms with Crippen LogP contribution in [0.15, 0.2) is 48.5 Å². The van der Waals surface area contributed by atoms with Crippen LogP contribution in [0.4, 0.5) is 0 Å². The molecule has 1 aromatic heterocycles. The summed E-state index contributed by atoms with van der Waals surface area (Å²) in [6.07, 6.45) is 0. The van der Waals surface area contributed by atoms with E-state index in [1.807, 2.05) is 48.5 Å². The lowest BCUT2D eigenvalue weighted by Crippen LogP contribution is -2.32. The minimum absolute atomic E-state index is 0.102. The number of hydrogen-bond donors (Lipinski definition) is 1. The fraction of sp³-hybridized carbons (Fsp3) is 0.211. The van der Waals surface area contributed by atoms with E-state index >= 15 is 0 Å². The van der Waals surface area contributed by atoms with Crippen LogP contribution in [0.5, 0.6) is 5.75 Å². The van der Waals surface area contributed by atoms with Crippen LogP contribution < -0.4 is 4.74 Å². The highest BCUT2D eigenvalue weighted by Crippen LogP contribution is 2.38. The smallest absolute Gasteiger partial charge is 0.265 e. The molecule has 1 amide bonds. The summed E-state index contributed by atoms with van der Waals surface area (Å²) in [5, 5.41) is 10.6. The number of hydrogen-bond acceptors (Lipinski definition) is 4. The van der Waals surface area contributed by atoms with Crippen LogP contribution in [0.25, 0.3) is 10.1 Å². The van der Waals surface area contributed by atoms with Crippen LogP contribution in [0.2, 0.25) is 5.02 Å². The number of aliphatic hydroxyl groups is 1. The Bertz CT molecular complexity index is 879. The minimum atomic E-state index is -0.178. The van der Waals surface area contributed by atoms with Gasteiger partial charge in [0.1, 0.15) is 10.6 Å². The average Bonchev–Trinajstić information content (AvgIpc) is 2.97. The second-order valence-corrected chi connectivity index (χ2v) is 6.97. The highest BCUT2D eigenvalue weighted by molar-refractivity contribution is 7.21. The van der Waals surface area contributed by atoms with Gasteiger partial charge in [-0.25, -0.2) is 0 Å². The maximum Gasteiger partial charge on any atom is 0.265 e. The maximum absolute atomic E-state index is 13.0. The predicted molar refractivity (Wildman–Crippen MR) is 102 cm³/mol. The van der Waals surface area contributed by atoms with Crippen molar-refractivity contribution in [3.05, 3.63) is 64.0 Å². The molecule has 2 aromatic carbocycles. The molecule has 1 heterocycles. The number of halogens is 1. The van der Waals surface area contributed by atoms with Gasteiger partial charge in [-0.3, -0.25) is 4.79 Å². The number of methoxy groups -OCH3 is 1. The van der Waals surface area contributed by atoms with Gasteiger partial charge in [0.25, 0.3) is 5.91 Å². The highest BCUT2D eigenvalue weighted by Gasteiger charge is 2.23. The Labute approximate surface area is 155 Å². The van der Waals surface area contributed by atoms with Crippen molar-refractivity contribution in [1.82, 2.24) is 4.90 Å². The Morgan fingerprint density at radius 1 is 1.24 bits per heavy atom. The number of carbonyl (C=O) groups excluding carboxylic acids is 1. The number of amides is 1. The third-order valence-corrected chi connectivity index (χ3v) is 5.57. The van der Waals surface area contributed by atoms with Crippen molar-refractivity contribution in [3.63, 3.8) is 0 Å². The first-order valence-electron chi connectivity index (χ1n) is 7.84. The van der Waals surface area contributed by atoms with E-state index < -0.39 is 0 Å². The fourth-order valence-electron chi connectivity index (χ4n) is 2.63. The summed E-state index contributed by atoms with van der Waals surface area (Å²) in [4.78, 5) is 15.1. The largest absolute Gasteiger partial charge is 0.497 e. The zero-order valence-electron chi connectivity index (χ0n) is 13.7. The summed E-state index contributed by atoms with van der Waals surface area (Å²) in [6, 6.07) is 15.3. The van der Waals surface area contributed by atoms with Gasteiger partial charge in [0.15, 0.2) is 0 Å². The van der Waals surface area contributed by atoms with Gasteiger partial charge < -0.3 is 14.7 Å². The number of ether oxygens (including phenoxy) is 1. The number of carbonyl (C=O) groups is 1. The quantitative estimate of drug-likeness (QED) is 0.702. The molecule has 0 bridgehead atoms. The third kappa shape index (κ3) is 3.79. The number of benzene rings is 2. The molecule has 0 atom stereocenters. The van der Waals surface area contributed by atoms with Gasteiger partial charge in [0, 0.05) is 23.2 Å². The van der Waals surface area contributed by atoms with Crippen molar-refractivity contribution in [1.29, 1.82) is 0 Å². The predicted octanol–water partition coefficient (Wildman–Crippen LogP) is 4.20. The molecule has 4 nitrogen and oxygen atoms in total. The molecule has 0 saturated heterocycles. The monoisotopic (exact) mass is 375 g/mol. The lowest BCUT2D eigenvalue weighted by Gasteiger charge is -2.21. The zero-order chi connectivity index (χ0) is 17.8. The molecule has 3 rings (SSSR count). The summed E-state index contributed by atoms with van der Waals surface area (Å²) in [6.45, 7) is 0.574. The number of thiophene rings is 1. The molecule has 0 fully saturated rings. The van der Waals surface area contributed by atoms with Gasteiger partial charge in [-0.15, -0.1) is 11.3 Å². The first-order chi connectivity index (χ1) is 12.1. The van der Waals surface area contributed by atoms with Gasteiger partial charge in [-0.05, 0) is 23.8 Å². The Balaban J connectivity index is 1.94. The van der Waals surface area contributed by atoms with Crippen LogP contribution >= 0.6 is 22.9 Å². The van der Waals surface area contributed by atoms with Crippen molar-refractivity contribution in [2.24, 2.45) is 0 Å². The molecule has 0 spiro atoms. The molecule has 0 saturated carbocycles. The Morgan fingerprint density at radius 3 is 2.68 bits per heavy atom. The van der Waals surface area contributed by atoms with Crippen LogP contribution in [-0.4, -0.2) is 36.2 Å². The standard InChI is InChI=1S/C19H18ClNO3S/c1-24-14-7-8-16-15(11-14)17(20)18(25-16)19(23)21(9-10-22)12-13-5-3-2-4-6-13/h2-8,11,22H,9-10,12H2,1H3.